The van der Waals surface area contributed by atoms with Gasteiger partial charge in [-0.2, -0.15) is 0 Å². The molecule has 1 rings (SSSR count). The van der Waals surface area contributed by atoms with Crippen LogP contribution in [0.25, 0.3) is 0 Å². The third kappa shape index (κ3) is 5.09. The van der Waals surface area contributed by atoms with Gasteiger partial charge in [-0.3, -0.25) is 4.79 Å². The molecule has 0 aliphatic rings. The number of amides is 1. The monoisotopic (exact) mass is 255 g/mol. The topological polar surface area (TPSA) is 38.3 Å². The first-order valence-corrected chi connectivity index (χ1v) is 6.06. The molecule has 0 saturated carbocycles. The highest BCUT2D eigenvalue weighted by Gasteiger charge is 2.05. The zero-order valence-corrected chi connectivity index (χ0v) is 11.2. The van der Waals surface area contributed by atoms with Crippen molar-refractivity contribution in [2.75, 3.05) is 6.54 Å². The van der Waals surface area contributed by atoms with Crippen molar-refractivity contribution in [3.8, 4) is 5.75 Å². The SMILES string of the molecule is CC(=O)NCCc1ccc(OC(C)C)c(Cl)c1. The number of ether oxygens (including phenoxy) is 1. The Morgan fingerprint density at radius 3 is 2.71 bits per heavy atom. The van der Waals surface area contributed by atoms with Crippen molar-refractivity contribution >= 4 is 17.5 Å². The van der Waals surface area contributed by atoms with E-state index in [9.17, 15) is 4.79 Å². The van der Waals surface area contributed by atoms with E-state index < -0.39 is 0 Å². The molecule has 0 atom stereocenters. The van der Waals surface area contributed by atoms with Crippen molar-refractivity contribution in [2.45, 2.75) is 33.3 Å². The number of halogens is 1. The molecule has 0 aliphatic heterocycles. The van der Waals surface area contributed by atoms with E-state index in [-0.39, 0.29) is 12.0 Å². The van der Waals surface area contributed by atoms with Crippen LogP contribution in [-0.2, 0) is 11.2 Å². The average Bonchev–Trinajstić information content (AvgIpc) is 2.21. The molecule has 0 bridgehead atoms. The standard InChI is InChI=1S/C13H18ClNO2/c1-9(2)17-13-5-4-11(8-12(13)14)6-7-15-10(3)16/h4-5,8-9H,6-7H2,1-3H3,(H,15,16). The minimum absolute atomic E-state index is 0.0177. The minimum Gasteiger partial charge on any atom is -0.489 e. The molecule has 1 aromatic carbocycles. The first-order chi connectivity index (χ1) is 7.99. The van der Waals surface area contributed by atoms with E-state index in [1.807, 2.05) is 32.0 Å². The van der Waals surface area contributed by atoms with Gasteiger partial charge in [0.05, 0.1) is 11.1 Å². The van der Waals surface area contributed by atoms with E-state index in [1.165, 1.54) is 6.92 Å². The molecule has 0 heterocycles. The van der Waals surface area contributed by atoms with Crippen LogP contribution in [0.3, 0.4) is 0 Å². The molecular formula is C13H18ClNO2. The third-order valence-corrected chi connectivity index (χ3v) is 2.44. The lowest BCUT2D eigenvalue weighted by atomic mass is 10.1. The van der Waals surface area contributed by atoms with Crippen molar-refractivity contribution in [1.29, 1.82) is 0 Å². The molecule has 4 heteroatoms. The average molecular weight is 256 g/mol. The van der Waals surface area contributed by atoms with Gasteiger partial charge in [-0.05, 0) is 38.0 Å². The summed E-state index contributed by atoms with van der Waals surface area (Å²) >= 11 is 6.10. The van der Waals surface area contributed by atoms with Crippen LogP contribution in [0.1, 0.15) is 26.3 Å². The summed E-state index contributed by atoms with van der Waals surface area (Å²) in [5.74, 6) is 0.681. The molecule has 0 fully saturated rings. The third-order valence-electron chi connectivity index (χ3n) is 2.15. The normalized spacial score (nSPS) is 10.4. The fraction of sp³-hybridized carbons (Fsp3) is 0.462. The van der Waals surface area contributed by atoms with E-state index in [2.05, 4.69) is 5.32 Å². The Bertz CT molecular complexity index is 391. The second-order valence-corrected chi connectivity index (χ2v) is 4.57. The predicted molar refractivity (Wildman–Crippen MR) is 69.6 cm³/mol. The van der Waals surface area contributed by atoms with E-state index in [4.69, 9.17) is 16.3 Å². The Morgan fingerprint density at radius 1 is 1.47 bits per heavy atom. The number of nitrogens with one attached hydrogen (secondary N) is 1. The van der Waals surface area contributed by atoms with E-state index in [1.54, 1.807) is 0 Å². The van der Waals surface area contributed by atoms with Gasteiger partial charge in [0, 0.05) is 13.5 Å². The Kier molecular flexibility index (Phi) is 5.29. The number of rotatable bonds is 5. The lowest BCUT2D eigenvalue weighted by Crippen LogP contribution is -2.22. The van der Waals surface area contributed by atoms with Gasteiger partial charge in [0.2, 0.25) is 5.91 Å². The zero-order valence-electron chi connectivity index (χ0n) is 10.4. The van der Waals surface area contributed by atoms with E-state index >= 15 is 0 Å². The van der Waals surface area contributed by atoms with Crippen LogP contribution in [0.2, 0.25) is 5.02 Å². The van der Waals surface area contributed by atoms with Gasteiger partial charge in [-0.15, -0.1) is 0 Å². The fourth-order valence-corrected chi connectivity index (χ4v) is 1.68. The van der Waals surface area contributed by atoms with Gasteiger partial charge in [0.25, 0.3) is 0 Å². The van der Waals surface area contributed by atoms with Crippen molar-refractivity contribution < 1.29 is 9.53 Å². The zero-order chi connectivity index (χ0) is 12.8. The first-order valence-electron chi connectivity index (χ1n) is 5.68. The summed E-state index contributed by atoms with van der Waals surface area (Å²) < 4.78 is 5.54. The van der Waals surface area contributed by atoms with Gasteiger partial charge in [0.1, 0.15) is 5.75 Å². The number of hydrogen-bond acceptors (Lipinski definition) is 2. The Morgan fingerprint density at radius 2 is 2.18 bits per heavy atom. The Balaban J connectivity index is 2.59. The summed E-state index contributed by atoms with van der Waals surface area (Å²) in [7, 11) is 0. The second kappa shape index (κ2) is 6.50. The molecule has 0 aromatic heterocycles. The van der Waals surface area contributed by atoms with Gasteiger partial charge in [-0.1, -0.05) is 17.7 Å². The largest absolute Gasteiger partial charge is 0.489 e. The predicted octanol–water partition coefficient (Wildman–Crippen LogP) is 2.81. The maximum Gasteiger partial charge on any atom is 0.216 e. The fourth-order valence-electron chi connectivity index (χ4n) is 1.43. The number of hydrogen-bond donors (Lipinski definition) is 1. The highest BCUT2D eigenvalue weighted by molar-refractivity contribution is 6.32. The summed E-state index contributed by atoms with van der Waals surface area (Å²) in [6.07, 6.45) is 0.874. The molecule has 0 spiro atoms. The molecule has 0 unspecified atom stereocenters. The lowest BCUT2D eigenvalue weighted by molar-refractivity contribution is -0.118. The quantitative estimate of drug-likeness (QED) is 0.879. The van der Waals surface area contributed by atoms with Gasteiger partial charge < -0.3 is 10.1 Å². The molecule has 0 saturated heterocycles. The van der Waals surface area contributed by atoms with Gasteiger partial charge in [0.15, 0.2) is 0 Å². The summed E-state index contributed by atoms with van der Waals surface area (Å²) in [6.45, 7) is 6.05. The van der Waals surface area contributed by atoms with Crippen LogP contribution in [0.4, 0.5) is 0 Å². The number of carbonyl (C=O) groups is 1. The Hall–Kier alpha value is -1.22. The first kappa shape index (κ1) is 13.8. The van der Waals surface area contributed by atoms with Crippen LogP contribution in [-0.4, -0.2) is 18.6 Å². The summed E-state index contributed by atoms with van der Waals surface area (Å²) in [4.78, 5) is 10.7. The van der Waals surface area contributed by atoms with Crippen molar-refractivity contribution in [1.82, 2.24) is 5.32 Å². The molecule has 1 aromatic rings. The molecular weight excluding hydrogens is 238 g/mol. The molecule has 0 radical (unpaired) electrons. The highest BCUT2D eigenvalue weighted by atomic mass is 35.5. The van der Waals surface area contributed by atoms with Crippen LogP contribution in [0, 0.1) is 0 Å². The lowest BCUT2D eigenvalue weighted by Gasteiger charge is -2.12. The van der Waals surface area contributed by atoms with Gasteiger partial charge in [-0.25, -0.2) is 0 Å². The maximum atomic E-state index is 10.7. The molecule has 94 valence electrons. The molecule has 17 heavy (non-hydrogen) atoms. The van der Waals surface area contributed by atoms with Crippen LogP contribution >= 0.6 is 11.6 Å². The van der Waals surface area contributed by atoms with Crippen molar-refractivity contribution in [2.24, 2.45) is 0 Å². The number of carbonyl (C=O) groups excluding carboxylic acids is 1. The van der Waals surface area contributed by atoms with Gasteiger partial charge >= 0.3 is 0 Å². The van der Waals surface area contributed by atoms with Crippen LogP contribution < -0.4 is 10.1 Å². The van der Waals surface area contributed by atoms with Crippen LogP contribution in [0.5, 0.6) is 5.75 Å². The summed E-state index contributed by atoms with van der Waals surface area (Å²) in [5.41, 5.74) is 1.08. The molecule has 3 nitrogen and oxygen atoms in total. The van der Waals surface area contributed by atoms with E-state index in [0.29, 0.717) is 17.3 Å². The summed E-state index contributed by atoms with van der Waals surface area (Å²) in [6, 6.07) is 5.71. The molecule has 1 N–H and O–H groups in total. The van der Waals surface area contributed by atoms with Crippen molar-refractivity contribution in [3.05, 3.63) is 28.8 Å². The second-order valence-electron chi connectivity index (χ2n) is 4.16. The molecule has 1 amide bonds. The minimum atomic E-state index is -0.0177. The highest BCUT2D eigenvalue weighted by Crippen LogP contribution is 2.26. The molecule has 0 aliphatic carbocycles. The van der Waals surface area contributed by atoms with Crippen molar-refractivity contribution in [3.63, 3.8) is 0 Å². The smallest absolute Gasteiger partial charge is 0.216 e. The number of benzene rings is 1. The van der Waals surface area contributed by atoms with Crippen LogP contribution in [0.15, 0.2) is 18.2 Å². The summed E-state index contributed by atoms with van der Waals surface area (Å²) in [5, 5.41) is 3.36. The Labute approximate surface area is 107 Å². The van der Waals surface area contributed by atoms with E-state index in [0.717, 1.165) is 12.0 Å². The maximum absolute atomic E-state index is 10.7.